The Bertz CT molecular complexity index is 952. The smallest absolute Gasteiger partial charge is 0.265 e. The first-order valence-corrected chi connectivity index (χ1v) is 8.05. The lowest BCUT2D eigenvalue weighted by Gasteiger charge is -2.17. The van der Waals surface area contributed by atoms with Crippen LogP contribution in [0.2, 0.25) is 0 Å². The first-order chi connectivity index (χ1) is 11.6. The molecule has 24 heavy (non-hydrogen) atoms. The third kappa shape index (κ3) is 2.55. The molecule has 120 valence electrons. The second-order valence-electron chi connectivity index (χ2n) is 5.33. The van der Waals surface area contributed by atoms with Crippen molar-refractivity contribution in [2.24, 2.45) is 0 Å². The van der Waals surface area contributed by atoms with Crippen LogP contribution in [0.4, 0.5) is 14.5 Å². The highest BCUT2D eigenvalue weighted by molar-refractivity contribution is 7.17. The fourth-order valence-electron chi connectivity index (χ4n) is 2.58. The van der Waals surface area contributed by atoms with Crippen LogP contribution >= 0.6 is 11.3 Å². The van der Waals surface area contributed by atoms with E-state index >= 15 is 0 Å². The molecule has 1 N–H and O–H groups in total. The molecule has 0 radical (unpaired) electrons. The van der Waals surface area contributed by atoms with Gasteiger partial charge in [0.15, 0.2) is 0 Å². The quantitative estimate of drug-likeness (QED) is 0.723. The van der Waals surface area contributed by atoms with Crippen LogP contribution < -0.4 is 10.1 Å². The largest absolute Gasteiger partial charge is 0.488 e. The van der Waals surface area contributed by atoms with E-state index in [-0.39, 0.29) is 11.5 Å². The summed E-state index contributed by atoms with van der Waals surface area (Å²) < 4.78 is 32.8. The lowest BCUT2D eigenvalue weighted by molar-refractivity contribution is 0.103. The molecule has 2 aromatic carbocycles. The van der Waals surface area contributed by atoms with E-state index in [9.17, 15) is 13.6 Å². The summed E-state index contributed by atoms with van der Waals surface area (Å²) in [5.41, 5.74) is 1.57. The Morgan fingerprint density at radius 2 is 1.96 bits per heavy atom. The van der Waals surface area contributed by atoms with E-state index in [2.05, 4.69) is 5.32 Å². The van der Waals surface area contributed by atoms with Crippen LogP contribution in [0.25, 0.3) is 10.4 Å². The summed E-state index contributed by atoms with van der Waals surface area (Å²) in [4.78, 5) is 13.6. The predicted octanol–water partition coefficient (Wildman–Crippen LogP) is 4.84. The minimum Gasteiger partial charge on any atom is -0.488 e. The zero-order valence-corrected chi connectivity index (χ0v) is 13.1. The van der Waals surface area contributed by atoms with Crippen LogP contribution in [0, 0.1) is 11.6 Å². The van der Waals surface area contributed by atoms with Crippen molar-refractivity contribution in [2.45, 2.75) is 6.61 Å². The van der Waals surface area contributed by atoms with Crippen LogP contribution in [0.1, 0.15) is 15.2 Å². The number of thiophene rings is 1. The highest BCUT2D eigenvalue weighted by atomic mass is 32.1. The Balaban J connectivity index is 1.68. The number of carbonyl (C=O) groups is 1. The van der Waals surface area contributed by atoms with Gasteiger partial charge >= 0.3 is 0 Å². The van der Waals surface area contributed by atoms with Crippen molar-refractivity contribution in [3.63, 3.8) is 0 Å². The molecule has 0 aliphatic carbocycles. The van der Waals surface area contributed by atoms with Gasteiger partial charge in [0.2, 0.25) is 0 Å². The predicted molar refractivity (Wildman–Crippen MR) is 88.4 cm³/mol. The number of anilines is 1. The Morgan fingerprint density at radius 1 is 1.12 bits per heavy atom. The summed E-state index contributed by atoms with van der Waals surface area (Å²) in [6, 6.07) is 12.0. The van der Waals surface area contributed by atoms with E-state index in [1.807, 2.05) is 0 Å². The van der Waals surface area contributed by atoms with Crippen LogP contribution in [-0.4, -0.2) is 5.91 Å². The third-order valence-corrected chi connectivity index (χ3v) is 4.93. The molecular formula is C18H11F2NO2S. The lowest BCUT2D eigenvalue weighted by atomic mass is 10.1. The van der Waals surface area contributed by atoms with Gasteiger partial charge in [-0.2, -0.15) is 0 Å². The van der Waals surface area contributed by atoms with Gasteiger partial charge in [-0.15, -0.1) is 11.3 Å². The molecule has 0 atom stereocenters. The van der Waals surface area contributed by atoms with Crippen molar-refractivity contribution in [1.29, 1.82) is 0 Å². The topological polar surface area (TPSA) is 38.3 Å². The number of hydrogen-bond donors (Lipinski definition) is 1. The van der Waals surface area contributed by atoms with E-state index in [4.69, 9.17) is 4.74 Å². The number of carbonyl (C=O) groups excluding carboxylic acids is 1. The first-order valence-electron chi connectivity index (χ1n) is 7.23. The normalized spacial score (nSPS) is 12.1. The van der Waals surface area contributed by atoms with Gasteiger partial charge in [0.05, 0.1) is 10.6 Å². The maximum Gasteiger partial charge on any atom is 0.265 e. The number of ether oxygens (including phenoxy) is 1. The number of para-hydroxylation sites is 1. The summed E-state index contributed by atoms with van der Waals surface area (Å²) in [6.45, 7) is 0.317. The number of rotatable bonds is 2. The van der Waals surface area contributed by atoms with Gasteiger partial charge in [-0.3, -0.25) is 4.79 Å². The summed E-state index contributed by atoms with van der Waals surface area (Å²) in [5.74, 6) is -0.678. The number of halogens is 2. The summed E-state index contributed by atoms with van der Waals surface area (Å²) in [6.07, 6.45) is 0. The molecule has 0 spiro atoms. The third-order valence-electron chi connectivity index (χ3n) is 3.72. The minimum absolute atomic E-state index is 0.122. The molecule has 0 fully saturated rings. The van der Waals surface area contributed by atoms with E-state index < -0.39 is 11.7 Å². The van der Waals surface area contributed by atoms with Crippen LogP contribution in [0.3, 0.4) is 0 Å². The molecule has 3 aromatic rings. The molecule has 0 unspecified atom stereocenters. The van der Waals surface area contributed by atoms with Gasteiger partial charge in [-0.25, -0.2) is 8.78 Å². The summed E-state index contributed by atoms with van der Waals surface area (Å²) >= 11 is 1.24. The molecule has 0 saturated heterocycles. The number of amides is 1. The van der Waals surface area contributed by atoms with Crippen molar-refractivity contribution < 1.29 is 18.3 Å². The number of hydrogen-bond acceptors (Lipinski definition) is 3. The molecule has 0 saturated carbocycles. The van der Waals surface area contributed by atoms with Gasteiger partial charge in [-0.05, 0) is 36.4 Å². The molecule has 3 nitrogen and oxygen atoms in total. The zero-order valence-electron chi connectivity index (χ0n) is 12.3. The van der Waals surface area contributed by atoms with Crippen molar-refractivity contribution in [3.8, 4) is 16.2 Å². The fraction of sp³-hybridized carbons (Fsp3) is 0.0556. The van der Waals surface area contributed by atoms with Gasteiger partial charge in [0, 0.05) is 16.0 Å². The average Bonchev–Trinajstić information content (AvgIpc) is 3.02. The molecule has 6 heteroatoms. The minimum atomic E-state index is -0.497. The van der Waals surface area contributed by atoms with Crippen LogP contribution in [-0.2, 0) is 6.61 Å². The average molecular weight is 343 g/mol. The first kappa shape index (κ1) is 14.8. The van der Waals surface area contributed by atoms with Gasteiger partial charge in [0.25, 0.3) is 5.91 Å². The summed E-state index contributed by atoms with van der Waals surface area (Å²) in [7, 11) is 0. The van der Waals surface area contributed by atoms with Gasteiger partial charge in [0.1, 0.15) is 24.0 Å². The van der Waals surface area contributed by atoms with Gasteiger partial charge < -0.3 is 10.1 Å². The molecule has 0 bridgehead atoms. The van der Waals surface area contributed by atoms with Crippen LogP contribution in [0.15, 0.2) is 48.5 Å². The monoisotopic (exact) mass is 343 g/mol. The van der Waals surface area contributed by atoms with Gasteiger partial charge in [-0.1, -0.05) is 12.1 Å². The summed E-state index contributed by atoms with van der Waals surface area (Å²) in [5, 5.41) is 2.55. The Labute approximate surface area is 140 Å². The van der Waals surface area contributed by atoms with E-state index in [0.29, 0.717) is 22.8 Å². The Hall–Kier alpha value is -2.73. The van der Waals surface area contributed by atoms with E-state index in [0.717, 1.165) is 10.4 Å². The van der Waals surface area contributed by atoms with Crippen LogP contribution in [0.5, 0.6) is 5.75 Å². The number of fused-ring (bicyclic) bond motifs is 3. The van der Waals surface area contributed by atoms with E-state index in [1.54, 1.807) is 24.3 Å². The zero-order chi connectivity index (χ0) is 16.7. The van der Waals surface area contributed by atoms with Crippen molar-refractivity contribution in [3.05, 3.63) is 70.6 Å². The van der Waals surface area contributed by atoms with Crippen molar-refractivity contribution in [1.82, 2.24) is 0 Å². The SMILES string of the molecule is O=C(Nc1ccccc1F)c1cc2c(s1)-c1cc(F)ccc1OC2. The van der Waals surface area contributed by atoms with E-state index in [1.165, 1.54) is 35.6 Å². The number of benzene rings is 2. The lowest BCUT2D eigenvalue weighted by Crippen LogP contribution is -2.11. The maximum atomic E-state index is 13.7. The maximum absolute atomic E-state index is 13.7. The molecular weight excluding hydrogens is 332 g/mol. The highest BCUT2D eigenvalue weighted by Crippen LogP contribution is 2.42. The highest BCUT2D eigenvalue weighted by Gasteiger charge is 2.23. The molecule has 2 heterocycles. The Kier molecular flexibility index (Phi) is 3.54. The molecule has 4 rings (SSSR count). The Morgan fingerprint density at radius 3 is 2.79 bits per heavy atom. The second-order valence-corrected chi connectivity index (χ2v) is 6.38. The molecule has 1 aliphatic heterocycles. The number of nitrogens with one attached hydrogen (secondary N) is 1. The standard InChI is InChI=1S/C18H11F2NO2S/c19-11-5-6-15-12(8-11)17-10(9-23-15)7-16(24-17)18(22)21-14-4-2-1-3-13(14)20/h1-8H,9H2,(H,21,22). The van der Waals surface area contributed by atoms with Crippen molar-refractivity contribution >= 4 is 22.9 Å². The fourth-order valence-corrected chi connectivity index (χ4v) is 3.67. The second kappa shape index (κ2) is 5.72. The molecule has 1 aromatic heterocycles. The molecule has 1 aliphatic rings. The van der Waals surface area contributed by atoms with Crippen molar-refractivity contribution in [2.75, 3.05) is 5.32 Å². The molecule has 1 amide bonds.